The van der Waals surface area contributed by atoms with Gasteiger partial charge in [0.05, 0.1) is 16.6 Å². The zero-order valence-electron chi connectivity index (χ0n) is 15.4. The molecule has 4 aromatic rings. The molecule has 27 heavy (non-hydrogen) atoms. The first-order valence-corrected chi connectivity index (χ1v) is 9.55. The van der Waals surface area contributed by atoms with Crippen molar-refractivity contribution in [2.45, 2.75) is 26.9 Å². The summed E-state index contributed by atoms with van der Waals surface area (Å²) in [4.78, 5) is 12.2. The van der Waals surface area contributed by atoms with Crippen molar-refractivity contribution in [2.75, 3.05) is 17.2 Å². The van der Waals surface area contributed by atoms with E-state index in [0.29, 0.717) is 6.54 Å². The van der Waals surface area contributed by atoms with Gasteiger partial charge in [-0.3, -0.25) is 0 Å². The largest absolute Gasteiger partial charge is 0.385 e. The minimum Gasteiger partial charge on any atom is -0.385 e. The molecule has 0 aliphatic rings. The van der Waals surface area contributed by atoms with Crippen LogP contribution in [0.25, 0.3) is 21.9 Å². The molecule has 0 amide bonds. The highest BCUT2D eigenvalue weighted by Gasteiger charge is 2.10. The Balaban J connectivity index is 1.72. The maximum absolute atomic E-state index is 5.43. The number of aryl methyl sites for hydroxylation is 1. The minimum atomic E-state index is 0.680. The number of aromatic nitrogens is 4. The van der Waals surface area contributed by atoms with E-state index in [9.17, 15) is 0 Å². The zero-order valence-corrected chi connectivity index (χ0v) is 16.2. The number of nitrogens with zero attached hydrogens (tertiary/aromatic N) is 3. The maximum atomic E-state index is 5.43. The van der Waals surface area contributed by atoms with Crippen LogP contribution in [0.15, 0.2) is 42.7 Å². The third-order valence-corrected chi connectivity index (χ3v) is 5.00. The molecule has 3 N–H and O–H groups in total. The highest BCUT2D eigenvalue weighted by Crippen LogP contribution is 2.26. The van der Waals surface area contributed by atoms with E-state index in [2.05, 4.69) is 68.3 Å². The van der Waals surface area contributed by atoms with Crippen LogP contribution in [0.2, 0.25) is 0 Å². The molecule has 0 fully saturated rings. The topological polar surface area (TPSA) is 70.6 Å². The van der Waals surface area contributed by atoms with E-state index < -0.39 is 0 Å². The van der Waals surface area contributed by atoms with Crippen LogP contribution in [0.1, 0.15) is 19.4 Å². The molecule has 2 aromatic heterocycles. The van der Waals surface area contributed by atoms with E-state index in [1.165, 1.54) is 5.56 Å². The number of hydrogen-bond acceptors (Lipinski definition) is 5. The van der Waals surface area contributed by atoms with Crippen molar-refractivity contribution < 1.29 is 0 Å². The summed E-state index contributed by atoms with van der Waals surface area (Å²) < 4.78 is 2.80. The first-order valence-electron chi connectivity index (χ1n) is 9.14. The Hall–Kier alpha value is -2.93. The Kier molecular flexibility index (Phi) is 4.77. The average Bonchev–Trinajstić information content (AvgIpc) is 2.99. The van der Waals surface area contributed by atoms with Gasteiger partial charge in [-0.15, -0.1) is 0 Å². The lowest BCUT2D eigenvalue weighted by atomic mass is 10.1. The Morgan fingerprint density at radius 3 is 2.78 bits per heavy atom. The Bertz CT molecular complexity index is 1160. The summed E-state index contributed by atoms with van der Waals surface area (Å²) in [7, 11) is 0. The summed E-state index contributed by atoms with van der Waals surface area (Å²) in [6, 6.07) is 12.4. The molecule has 0 unspecified atom stereocenters. The van der Waals surface area contributed by atoms with Crippen LogP contribution in [0, 0.1) is 4.77 Å². The molecule has 0 radical (unpaired) electrons. The SMILES string of the molecule is CCNc1ccccc1CNc1ncnc2cc3c(cc12)[nH]c(=S)n3CC. The fourth-order valence-electron chi connectivity index (χ4n) is 3.38. The second kappa shape index (κ2) is 7.36. The van der Waals surface area contributed by atoms with Crippen LogP contribution in [0.3, 0.4) is 0 Å². The minimum absolute atomic E-state index is 0.680. The number of nitrogens with one attached hydrogen (secondary N) is 3. The molecule has 0 aliphatic carbocycles. The number of H-pyrrole nitrogens is 1. The molecule has 2 aromatic carbocycles. The van der Waals surface area contributed by atoms with Crippen molar-refractivity contribution in [3.63, 3.8) is 0 Å². The number of imidazole rings is 1. The predicted molar refractivity (Wildman–Crippen MR) is 114 cm³/mol. The molecule has 0 saturated heterocycles. The first kappa shape index (κ1) is 17.5. The van der Waals surface area contributed by atoms with Gasteiger partial charge in [0.15, 0.2) is 4.77 Å². The summed E-state index contributed by atoms with van der Waals surface area (Å²) >= 11 is 5.43. The van der Waals surface area contributed by atoms with E-state index in [-0.39, 0.29) is 0 Å². The van der Waals surface area contributed by atoms with Crippen molar-refractivity contribution in [1.29, 1.82) is 0 Å². The van der Waals surface area contributed by atoms with E-state index >= 15 is 0 Å². The lowest BCUT2D eigenvalue weighted by Crippen LogP contribution is -2.06. The Morgan fingerprint density at radius 1 is 1.11 bits per heavy atom. The summed E-state index contributed by atoms with van der Waals surface area (Å²) in [5.41, 5.74) is 5.30. The molecule has 4 rings (SSSR count). The standard InChI is InChI=1S/C20H22N6S/c1-3-21-15-8-6-5-7-13(15)11-22-19-14-9-17-18(10-16(14)23-12-24-19)26(4-2)20(27)25-17/h5-10,12,21H,3-4,11H2,1-2H3,(H,25,27)(H,22,23,24). The predicted octanol–water partition coefficient (Wildman–Crippen LogP) is 4.71. The van der Waals surface area contributed by atoms with Crippen LogP contribution < -0.4 is 10.6 Å². The zero-order chi connectivity index (χ0) is 18.8. The molecule has 7 heteroatoms. The smallest absolute Gasteiger partial charge is 0.178 e. The molecule has 0 aliphatic heterocycles. The highest BCUT2D eigenvalue weighted by molar-refractivity contribution is 7.71. The highest BCUT2D eigenvalue weighted by atomic mass is 32.1. The quantitative estimate of drug-likeness (QED) is 0.424. The van der Waals surface area contributed by atoms with Crippen LogP contribution in [-0.2, 0) is 13.1 Å². The van der Waals surface area contributed by atoms with E-state index in [4.69, 9.17) is 12.2 Å². The van der Waals surface area contributed by atoms with E-state index in [1.807, 2.05) is 12.1 Å². The van der Waals surface area contributed by atoms with Crippen molar-refractivity contribution in [1.82, 2.24) is 19.5 Å². The molecular weight excluding hydrogens is 356 g/mol. The number of fused-ring (bicyclic) bond motifs is 2. The van der Waals surface area contributed by atoms with E-state index in [0.717, 1.165) is 51.3 Å². The maximum Gasteiger partial charge on any atom is 0.178 e. The molecule has 2 heterocycles. The third kappa shape index (κ3) is 3.26. The number of rotatable bonds is 6. The van der Waals surface area contributed by atoms with Gasteiger partial charge < -0.3 is 20.2 Å². The van der Waals surface area contributed by atoms with Gasteiger partial charge in [-0.05, 0) is 49.8 Å². The van der Waals surface area contributed by atoms with Gasteiger partial charge in [-0.25, -0.2) is 9.97 Å². The molecule has 0 bridgehead atoms. The number of hydrogen-bond donors (Lipinski definition) is 3. The van der Waals surface area contributed by atoms with Crippen LogP contribution in [-0.4, -0.2) is 26.1 Å². The molecule has 0 saturated carbocycles. The average molecular weight is 379 g/mol. The van der Waals surface area contributed by atoms with Gasteiger partial charge in [0.2, 0.25) is 0 Å². The van der Waals surface area contributed by atoms with Crippen molar-refractivity contribution in [2.24, 2.45) is 0 Å². The van der Waals surface area contributed by atoms with Crippen LogP contribution >= 0.6 is 12.2 Å². The normalized spacial score (nSPS) is 11.2. The van der Waals surface area contributed by atoms with Crippen molar-refractivity contribution in [3.05, 3.63) is 53.1 Å². The van der Waals surface area contributed by atoms with Gasteiger partial charge in [-0.1, -0.05) is 18.2 Å². The summed E-state index contributed by atoms with van der Waals surface area (Å²) in [5.74, 6) is 0.816. The second-order valence-corrected chi connectivity index (χ2v) is 6.71. The summed E-state index contributed by atoms with van der Waals surface area (Å²) in [6.07, 6.45) is 1.60. The first-order chi connectivity index (χ1) is 13.2. The van der Waals surface area contributed by atoms with Crippen LogP contribution in [0.4, 0.5) is 11.5 Å². The molecular formula is C20H22N6S. The second-order valence-electron chi connectivity index (χ2n) is 6.32. The van der Waals surface area contributed by atoms with Gasteiger partial charge in [0.25, 0.3) is 0 Å². The van der Waals surface area contributed by atoms with Gasteiger partial charge in [0.1, 0.15) is 12.1 Å². The molecule has 6 nitrogen and oxygen atoms in total. The monoisotopic (exact) mass is 378 g/mol. The summed E-state index contributed by atoms with van der Waals surface area (Å²) in [6.45, 7) is 6.57. The summed E-state index contributed by atoms with van der Waals surface area (Å²) in [5, 5.41) is 7.84. The number of anilines is 2. The molecule has 138 valence electrons. The fourth-order valence-corrected chi connectivity index (χ4v) is 3.72. The molecule has 0 spiro atoms. The molecule has 0 atom stereocenters. The van der Waals surface area contributed by atoms with Gasteiger partial charge in [0, 0.05) is 30.7 Å². The van der Waals surface area contributed by atoms with E-state index in [1.54, 1.807) is 6.33 Å². The van der Waals surface area contributed by atoms with Crippen molar-refractivity contribution in [3.8, 4) is 0 Å². The number of aromatic amines is 1. The third-order valence-electron chi connectivity index (χ3n) is 4.68. The van der Waals surface area contributed by atoms with Gasteiger partial charge in [-0.2, -0.15) is 0 Å². The number of benzene rings is 2. The van der Waals surface area contributed by atoms with Gasteiger partial charge >= 0.3 is 0 Å². The Morgan fingerprint density at radius 2 is 1.96 bits per heavy atom. The lowest BCUT2D eigenvalue weighted by molar-refractivity contribution is 0.774. The lowest BCUT2D eigenvalue weighted by Gasteiger charge is -2.13. The fraction of sp³-hybridized carbons (Fsp3) is 0.250. The Labute approximate surface area is 162 Å². The van der Waals surface area contributed by atoms with Crippen molar-refractivity contribution >= 4 is 45.7 Å². The van der Waals surface area contributed by atoms with Crippen LogP contribution in [0.5, 0.6) is 0 Å². The number of para-hydroxylation sites is 1.